The Morgan fingerprint density at radius 2 is 1.59 bits per heavy atom. The molecule has 1 fully saturated rings. The molecule has 1 heteroatoms. The van der Waals surface area contributed by atoms with Gasteiger partial charge in [0.05, 0.1) is 0 Å². The van der Waals surface area contributed by atoms with E-state index in [0.29, 0.717) is 6.61 Å². The Labute approximate surface area is 102 Å². The second kappa shape index (κ2) is 4.62. The lowest BCUT2D eigenvalue weighted by molar-refractivity contribution is 0.306. The monoisotopic (exact) mass is 224 g/mol. The van der Waals surface area contributed by atoms with Crippen molar-refractivity contribution in [3.8, 4) is 5.75 Å². The summed E-state index contributed by atoms with van der Waals surface area (Å²) in [5.41, 5.74) is 2.66. The highest BCUT2D eigenvalue weighted by atomic mass is 16.5. The summed E-state index contributed by atoms with van der Waals surface area (Å²) >= 11 is 0. The van der Waals surface area contributed by atoms with E-state index in [1.165, 1.54) is 24.0 Å². The van der Waals surface area contributed by atoms with Crippen molar-refractivity contribution < 1.29 is 4.74 Å². The Balaban J connectivity index is 1.61. The first-order chi connectivity index (χ1) is 8.42. The van der Waals surface area contributed by atoms with Gasteiger partial charge in [-0.1, -0.05) is 42.5 Å². The van der Waals surface area contributed by atoms with E-state index in [0.717, 1.165) is 11.7 Å². The van der Waals surface area contributed by atoms with Crippen LogP contribution in [0.25, 0.3) is 0 Å². The van der Waals surface area contributed by atoms with E-state index >= 15 is 0 Å². The summed E-state index contributed by atoms with van der Waals surface area (Å²) in [6.45, 7) is 0.642. The van der Waals surface area contributed by atoms with E-state index in [9.17, 15) is 0 Å². The minimum Gasteiger partial charge on any atom is -0.489 e. The highest BCUT2D eigenvalue weighted by molar-refractivity contribution is 5.31. The van der Waals surface area contributed by atoms with Gasteiger partial charge in [-0.2, -0.15) is 0 Å². The largest absolute Gasteiger partial charge is 0.489 e. The molecule has 3 rings (SSSR count). The number of ether oxygens (including phenoxy) is 1. The predicted molar refractivity (Wildman–Crippen MR) is 69.2 cm³/mol. The molecule has 1 saturated carbocycles. The van der Waals surface area contributed by atoms with Gasteiger partial charge < -0.3 is 4.74 Å². The van der Waals surface area contributed by atoms with Crippen LogP contribution in [-0.4, -0.2) is 0 Å². The smallest absolute Gasteiger partial charge is 0.119 e. The second-order valence-electron chi connectivity index (χ2n) is 4.62. The molecule has 0 unspecified atom stereocenters. The van der Waals surface area contributed by atoms with Gasteiger partial charge in [-0.3, -0.25) is 0 Å². The van der Waals surface area contributed by atoms with Crippen LogP contribution in [-0.2, 0) is 6.61 Å². The molecule has 1 nitrogen and oxygen atoms in total. The molecule has 86 valence electrons. The average Bonchev–Trinajstić information content (AvgIpc) is 3.23. The van der Waals surface area contributed by atoms with E-state index in [2.05, 4.69) is 36.4 Å². The maximum atomic E-state index is 5.75. The quantitative estimate of drug-likeness (QED) is 0.758. The molecular weight excluding hydrogens is 208 g/mol. The van der Waals surface area contributed by atoms with Crippen molar-refractivity contribution in [1.82, 2.24) is 0 Å². The molecule has 17 heavy (non-hydrogen) atoms. The molecule has 0 bridgehead atoms. The van der Waals surface area contributed by atoms with Gasteiger partial charge in [0.25, 0.3) is 0 Å². The van der Waals surface area contributed by atoms with Gasteiger partial charge in [0.15, 0.2) is 0 Å². The van der Waals surface area contributed by atoms with Crippen LogP contribution in [0.15, 0.2) is 54.6 Å². The lowest BCUT2D eigenvalue weighted by atomic mass is 10.1. The summed E-state index contributed by atoms with van der Waals surface area (Å²) in [5.74, 6) is 1.77. The molecule has 2 aromatic carbocycles. The van der Waals surface area contributed by atoms with E-state index in [1.54, 1.807) is 0 Å². The van der Waals surface area contributed by atoms with Gasteiger partial charge in [-0.05, 0) is 42.0 Å². The van der Waals surface area contributed by atoms with Crippen LogP contribution in [0.3, 0.4) is 0 Å². The molecule has 0 radical (unpaired) electrons. The molecular formula is C16H16O. The molecule has 0 N–H and O–H groups in total. The fourth-order valence-corrected chi connectivity index (χ4v) is 1.99. The van der Waals surface area contributed by atoms with Crippen molar-refractivity contribution in [2.75, 3.05) is 0 Å². The fraction of sp³-hybridized carbons (Fsp3) is 0.250. The minimum atomic E-state index is 0.642. The van der Waals surface area contributed by atoms with Gasteiger partial charge in [-0.15, -0.1) is 0 Å². The molecule has 0 spiro atoms. The third-order valence-electron chi connectivity index (χ3n) is 3.18. The first kappa shape index (κ1) is 10.4. The van der Waals surface area contributed by atoms with Gasteiger partial charge in [0.1, 0.15) is 12.4 Å². The number of hydrogen-bond acceptors (Lipinski definition) is 1. The molecule has 2 aromatic rings. The Kier molecular flexibility index (Phi) is 2.83. The van der Waals surface area contributed by atoms with Crippen molar-refractivity contribution in [1.29, 1.82) is 0 Å². The third-order valence-corrected chi connectivity index (χ3v) is 3.18. The first-order valence-electron chi connectivity index (χ1n) is 6.18. The normalized spacial score (nSPS) is 14.6. The zero-order valence-electron chi connectivity index (χ0n) is 9.80. The standard InChI is InChI=1S/C16H16O/c1-2-4-13(5-3-1)12-17-16-10-8-15(9-11-16)14-6-7-14/h1-5,8-11,14H,6-7,12H2. The molecule has 0 atom stereocenters. The number of hydrogen-bond donors (Lipinski definition) is 0. The molecule has 1 aliphatic rings. The number of benzene rings is 2. The Morgan fingerprint density at radius 1 is 0.882 bits per heavy atom. The lowest BCUT2D eigenvalue weighted by Gasteiger charge is -2.07. The van der Waals surface area contributed by atoms with Gasteiger partial charge in [-0.25, -0.2) is 0 Å². The maximum absolute atomic E-state index is 5.75. The van der Waals surface area contributed by atoms with E-state index in [4.69, 9.17) is 4.74 Å². The predicted octanol–water partition coefficient (Wildman–Crippen LogP) is 4.14. The van der Waals surface area contributed by atoms with Crippen LogP contribution in [0.4, 0.5) is 0 Å². The van der Waals surface area contributed by atoms with Crippen LogP contribution in [0, 0.1) is 0 Å². The molecule has 0 amide bonds. The van der Waals surface area contributed by atoms with E-state index in [-0.39, 0.29) is 0 Å². The molecule has 0 saturated heterocycles. The third kappa shape index (κ3) is 2.68. The highest BCUT2D eigenvalue weighted by Crippen LogP contribution is 2.40. The fourth-order valence-electron chi connectivity index (χ4n) is 1.99. The summed E-state index contributed by atoms with van der Waals surface area (Å²) in [7, 11) is 0. The zero-order chi connectivity index (χ0) is 11.5. The zero-order valence-corrected chi connectivity index (χ0v) is 9.80. The highest BCUT2D eigenvalue weighted by Gasteiger charge is 2.22. The number of rotatable bonds is 4. The first-order valence-corrected chi connectivity index (χ1v) is 6.18. The summed E-state index contributed by atoms with van der Waals surface area (Å²) in [4.78, 5) is 0. The molecule has 0 aromatic heterocycles. The van der Waals surface area contributed by atoms with Gasteiger partial charge >= 0.3 is 0 Å². The van der Waals surface area contributed by atoms with Crippen molar-refractivity contribution in [3.63, 3.8) is 0 Å². The van der Waals surface area contributed by atoms with Crippen molar-refractivity contribution in [2.45, 2.75) is 25.4 Å². The molecule has 1 aliphatic carbocycles. The molecule has 0 aliphatic heterocycles. The SMILES string of the molecule is c1ccc(COc2ccc(C3CC3)cc2)cc1. The minimum absolute atomic E-state index is 0.642. The summed E-state index contributed by atoms with van der Waals surface area (Å²) in [6, 6.07) is 18.8. The van der Waals surface area contributed by atoms with Gasteiger partial charge in [0, 0.05) is 0 Å². The van der Waals surface area contributed by atoms with Crippen LogP contribution >= 0.6 is 0 Å². The molecule has 0 heterocycles. The van der Waals surface area contributed by atoms with E-state index in [1.807, 2.05) is 18.2 Å². The van der Waals surface area contributed by atoms with Crippen LogP contribution < -0.4 is 4.74 Å². The van der Waals surface area contributed by atoms with Gasteiger partial charge in [0.2, 0.25) is 0 Å². The maximum Gasteiger partial charge on any atom is 0.119 e. The van der Waals surface area contributed by atoms with E-state index < -0.39 is 0 Å². The average molecular weight is 224 g/mol. The van der Waals surface area contributed by atoms with Crippen LogP contribution in [0.2, 0.25) is 0 Å². The summed E-state index contributed by atoms with van der Waals surface area (Å²) < 4.78 is 5.75. The van der Waals surface area contributed by atoms with Crippen LogP contribution in [0.1, 0.15) is 29.9 Å². The van der Waals surface area contributed by atoms with Crippen molar-refractivity contribution in [3.05, 3.63) is 65.7 Å². The topological polar surface area (TPSA) is 9.23 Å². The van der Waals surface area contributed by atoms with Crippen molar-refractivity contribution >= 4 is 0 Å². The second-order valence-corrected chi connectivity index (χ2v) is 4.62. The Bertz CT molecular complexity index is 469. The Hall–Kier alpha value is -1.76. The lowest BCUT2D eigenvalue weighted by Crippen LogP contribution is -1.94. The van der Waals surface area contributed by atoms with Crippen LogP contribution in [0.5, 0.6) is 5.75 Å². The summed E-state index contributed by atoms with van der Waals surface area (Å²) in [5, 5.41) is 0. The summed E-state index contributed by atoms with van der Waals surface area (Å²) in [6.07, 6.45) is 2.70. The Morgan fingerprint density at radius 3 is 2.24 bits per heavy atom. The van der Waals surface area contributed by atoms with Crippen molar-refractivity contribution in [2.24, 2.45) is 0 Å².